The van der Waals surface area contributed by atoms with Crippen LogP contribution in [0.2, 0.25) is 5.02 Å². The van der Waals surface area contributed by atoms with Gasteiger partial charge in [0.05, 0.1) is 12.0 Å². The molecule has 1 aliphatic carbocycles. The molecule has 0 atom stereocenters. The molecule has 1 aliphatic rings. The van der Waals surface area contributed by atoms with Crippen LogP contribution in [-0.4, -0.2) is 16.0 Å². The first-order valence-corrected chi connectivity index (χ1v) is 9.57. The minimum absolute atomic E-state index is 0.0946. The Bertz CT molecular complexity index is 964. The van der Waals surface area contributed by atoms with Gasteiger partial charge in [-0.05, 0) is 54.8 Å². The van der Waals surface area contributed by atoms with E-state index in [-0.39, 0.29) is 18.3 Å². The van der Waals surface area contributed by atoms with E-state index in [1.54, 1.807) is 36.4 Å². The summed E-state index contributed by atoms with van der Waals surface area (Å²) in [7, 11) is 0. The van der Waals surface area contributed by atoms with Crippen molar-refractivity contribution in [1.29, 1.82) is 0 Å². The van der Waals surface area contributed by atoms with Crippen LogP contribution >= 0.6 is 11.6 Å². The first kappa shape index (κ1) is 18.6. The largest absolute Gasteiger partial charge is 0.346 e. The molecule has 7 heteroatoms. The lowest BCUT2D eigenvalue weighted by molar-refractivity contribution is -0.127. The summed E-state index contributed by atoms with van der Waals surface area (Å²) >= 11 is 5.89. The summed E-state index contributed by atoms with van der Waals surface area (Å²) in [4.78, 5) is 17.4. The maximum Gasteiger partial charge on any atom is 0.246 e. The zero-order chi connectivity index (χ0) is 19.6. The van der Waals surface area contributed by atoms with Crippen molar-refractivity contribution in [2.24, 2.45) is 0 Å². The van der Waals surface area contributed by atoms with Crippen LogP contribution in [-0.2, 0) is 16.8 Å². The predicted molar refractivity (Wildman–Crippen MR) is 103 cm³/mol. The molecule has 0 spiro atoms. The molecule has 1 saturated carbocycles. The Morgan fingerprint density at radius 2 is 1.79 bits per heavy atom. The fourth-order valence-corrected chi connectivity index (χ4v) is 3.89. The molecule has 3 aromatic rings. The van der Waals surface area contributed by atoms with Crippen LogP contribution < -0.4 is 5.32 Å². The third kappa shape index (κ3) is 3.64. The molecule has 0 aliphatic heterocycles. The Morgan fingerprint density at radius 3 is 2.46 bits per heavy atom. The molecule has 1 amide bonds. The molecule has 28 heavy (non-hydrogen) atoms. The van der Waals surface area contributed by atoms with Crippen molar-refractivity contribution in [3.8, 4) is 11.4 Å². The monoisotopic (exact) mass is 399 g/mol. The molecule has 0 unspecified atom stereocenters. The van der Waals surface area contributed by atoms with Crippen molar-refractivity contribution < 1.29 is 13.7 Å². The van der Waals surface area contributed by atoms with E-state index < -0.39 is 5.41 Å². The van der Waals surface area contributed by atoms with Gasteiger partial charge in [0.1, 0.15) is 5.82 Å². The molecule has 2 aromatic carbocycles. The van der Waals surface area contributed by atoms with E-state index in [4.69, 9.17) is 16.1 Å². The van der Waals surface area contributed by atoms with Crippen LogP contribution in [0.1, 0.15) is 37.1 Å². The van der Waals surface area contributed by atoms with E-state index in [0.29, 0.717) is 16.7 Å². The van der Waals surface area contributed by atoms with Gasteiger partial charge in [0.2, 0.25) is 17.6 Å². The number of carbonyl (C=O) groups is 1. The summed E-state index contributed by atoms with van der Waals surface area (Å²) in [6, 6.07) is 13.3. The predicted octanol–water partition coefficient (Wildman–Crippen LogP) is 4.66. The Labute approximate surface area is 166 Å². The lowest BCUT2D eigenvalue weighted by Crippen LogP contribution is -2.42. The Balaban J connectivity index is 1.47. The van der Waals surface area contributed by atoms with E-state index >= 15 is 0 Å². The second-order valence-corrected chi connectivity index (χ2v) is 7.43. The van der Waals surface area contributed by atoms with E-state index in [1.807, 2.05) is 0 Å². The number of amides is 1. The van der Waals surface area contributed by atoms with Crippen molar-refractivity contribution in [3.05, 3.63) is 70.8 Å². The molecule has 1 aromatic heterocycles. The molecule has 0 saturated heterocycles. The van der Waals surface area contributed by atoms with Gasteiger partial charge in [-0.2, -0.15) is 4.98 Å². The Kier molecular flexibility index (Phi) is 5.13. The second kappa shape index (κ2) is 7.72. The summed E-state index contributed by atoms with van der Waals surface area (Å²) in [5, 5.41) is 7.50. The van der Waals surface area contributed by atoms with Crippen molar-refractivity contribution in [2.45, 2.75) is 37.6 Å². The molecule has 1 fully saturated rings. The average molecular weight is 400 g/mol. The summed E-state index contributed by atoms with van der Waals surface area (Å²) < 4.78 is 18.6. The lowest BCUT2D eigenvalue weighted by atomic mass is 9.78. The van der Waals surface area contributed by atoms with Gasteiger partial charge in [0.25, 0.3) is 0 Å². The first-order chi connectivity index (χ1) is 13.6. The second-order valence-electron chi connectivity index (χ2n) is 7.00. The van der Waals surface area contributed by atoms with Gasteiger partial charge in [-0.3, -0.25) is 4.79 Å². The van der Waals surface area contributed by atoms with Gasteiger partial charge < -0.3 is 9.84 Å². The average Bonchev–Trinajstić information content (AvgIpc) is 3.38. The number of benzene rings is 2. The highest BCUT2D eigenvalue weighted by atomic mass is 35.5. The summed E-state index contributed by atoms with van der Waals surface area (Å²) in [6.45, 7) is 0.141. The van der Waals surface area contributed by atoms with Gasteiger partial charge in [-0.1, -0.05) is 41.7 Å². The molecular formula is C21H19ClFN3O2. The third-order valence-electron chi connectivity index (χ3n) is 5.26. The smallest absolute Gasteiger partial charge is 0.246 e. The van der Waals surface area contributed by atoms with Crippen LogP contribution in [0.5, 0.6) is 0 Å². The van der Waals surface area contributed by atoms with E-state index in [1.165, 1.54) is 12.1 Å². The number of rotatable bonds is 5. The van der Waals surface area contributed by atoms with Crippen LogP contribution in [0.4, 0.5) is 4.39 Å². The molecule has 0 radical (unpaired) electrons. The maximum absolute atomic E-state index is 13.3. The van der Waals surface area contributed by atoms with Gasteiger partial charge in [-0.15, -0.1) is 0 Å². The van der Waals surface area contributed by atoms with Crippen LogP contribution in [0.25, 0.3) is 11.4 Å². The minimum Gasteiger partial charge on any atom is -0.346 e. The highest BCUT2D eigenvalue weighted by Crippen LogP contribution is 2.41. The van der Waals surface area contributed by atoms with E-state index in [9.17, 15) is 9.18 Å². The Morgan fingerprint density at radius 1 is 1.11 bits per heavy atom. The van der Waals surface area contributed by atoms with Crippen LogP contribution in [0.15, 0.2) is 53.1 Å². The van der Waals surface area contributed by atoms with E-state index in [0.717, 1.165) is 36.8 Å². The number of aromatic nitrogens is 2. The van der Waals surface area contributed by atoms with Crippen LogP contribution in [0, 0.1) is 5.82 Å². The molecule has 1 N–H and O–H groups in total. The van der Waals surface area contributed by atoms with Gasteiger partial charge in [-0.25, -0.2) is 4.39 Å². The number of nitrogens with zero attached hydrogens (tertiary/aromatic N) is 2. The summed E-state index contributed by atoms with van der Waals surface area (Å²) in [5.41, 5.74) is 0.993. The molecule has 1 heterocycles. The normalized spacial score (nSPS) is 15.5. The number of hydrogen-bond acceptors (Lipinski definition) is 4. The van der Waals surface area contributed by atoms with Crippen molar-refractivity contribution in [2.75, 3.05) is 0 Å². The third-order valence-corrected chi connectivity index (χ3v) is 5.51. The van der Waals surface area contributed by atoms with Crippen molar-refractivity contribution >= 4 is 17.5 Å². The fourth-order valence-electron chi connectivity index (χ4n) is 3.76. The number of nitrogens with one attached hydrogen (secondary N) is 1. The van der Waals surface area contributed by atoms with Gasteiger partial charge in [0.15, 0.2) is 0 Å². The van der Waals surface area contributed by atoms with Crippen LogP contribution in [0.3, 0.4) is 0 Å². The summed E-state index contributed by atoms with van der Waals surface area (Å²) in [5.74, 6) is 0.362. The number of carbonyl (C=O) groups excluding carboxylic acids is 1. The quantitative estimate of drug-likeness (QED) is 0.677. The van der Waals surface area contributed by atoms with Gasteiger partial charge in [0, 0.05) is 10.6 Å². The molecule has 4 rings (SSSR count). The van der Waals surface area contributed by atoms with Gasteiger partial charge >= 0.3 is 0 Å². The van der Waals surface area contributed by atoms with E-state index in [2.05, 4.69) is 15.5 Å². The standard InChI is InChI=1S/C21H19ClFN3O2/c22-16-7-3-14(4-8-16)19-25-18(28-26-19)13-24-20(27)21(11-1-2-12-21)15-5-9-17(23)10-6-15/h3-10H,1-2,11-13H2,(H,24,27). The molecule has 0 bridgehead atoms. The number of hydrogen-bond donors (Lipinski definition) is 1. The topological polar surface area (TPSA) is 68.0 Å². The molecular weight excluding hydrogens is 381 g/mol. The zero-order valence-electron chi connectivity index (χ0n) is 15.1. The molecule has 5 nitrogen and oxygen atoms in total. The number of halogens is 2. The summed E-state index contributed by atoms with van der Waals surface area (Å²) in [6.07, 6.45) is 3.41. The highest BCUT2D eigenvalue weighted by Gasteiger charge is 2.42. The van der Waals surface area contributed by atoms with Crippen molar-refractivity contribution in [3.63, 3.8) is 0 Å². The first-order valence-electron chi connectivity index (χ1n) is 9.20. The SMILES string of the molecule is O=C(NCc1nc(-c2ccc(Cl)cc2)no1)C1(c2ccc(F)cc2)CCCC1. The van der Waals surface area contributed by atoms with Crippen molar-refractivity contribution in [1.82, 2.24) is 15.5 Å². The molecule has 144 valence electrons. The zero-order valence-corrected chi connectivity index (χ0v) is 15.9. The minimum atomic E-state index is -0.632. The highest BCUT2D eigenvalue weighted by molar-refractivity contribution is 6.30. The lowest BCUT2D eigenvalue weighted by Gasteiger charge is -2.28. The fraction of sp³-hybridized carbons (Fsp3) is 0.286. The maximum atomic E-state index is 13.3. The Hall–Kier alpha value is -2.73.